The second kappa shape index (κ2) is 5.25. The summed E-state index contributed by atoms with van der Waals surface area (Å²) in [7, 11) is 0. The number of ketones is 1. The predicted octanol–water partition coefficient (Wildman–Crippen LogP) is 4.23. The second-order valence-corrected chi connectivity index (χ2v) is 5.10. The van der Waals surface area contributed by atoms with E-state index in [0.717, 1.165) is 5.56 Å². The summed E-state index contributed by atoms with van der Waals surface area (Å²) in [5.74, 6) is -0.589. The van der Waals surface area contributed by atoms with Crippen LogP contribution in [0.5, 0.6) is 5.75 Å². The number of benzene rings is 2. The van der Waals surface area contributed by atoms with E-state index in [1.54, 1.807) is 0 Å². The lowest BCUT2D eigenvalue weighted by molar-refractivity contribution is 0.0929. The molecule has 0 saturated carbocycles. The molecule has 2 aromatic carbocycles. The fourth-order valence-electron chi connectivity index (χ4n) is 2.52. The molecule has 0 fully saturated rings. The third-order valence-electron chi connectivity index (χ3n) is 3.48. The van der Waals surface area contributed by atoms with E-state index in [1.165, 1.54) is 18.2 Å². The molecule has 20 heavy (non-hydrogen) atoms. The van der Waals surface area contributed by atoms with Gasteiger partial charge in [0.15, 0.2) is 5.78 Å². The Labute approximate surface area is 121 Å². The highest BCUT2D eigenvalue weighted by atomic mass is 35.5. The molecule has 1 aliphatic heterocycles. The molecular weight excluding hydrogens is 279 g/mol. The zero-order valence-corrected chi connectivity index (χ0v) is 11.4. The van der Waals surface area contributed by atoms with Crippen LogP contribution in [-0.4, -0.2) is 12.4 Å². The monoisotopic (exact) mass is 290 g/mol. The second-order valence-electron chi connectivity index (χ2n) is 4.69. The number of para-hydroxylation sites is 1. The molecule has 1 aliphatic rings. The van der Waals surface area contributed by atoms with Crippen molar-refractivity contribution in [3.63, 3.8) is 0 Å². The molecule has 0 aliphatic carbocycles. The molecule has 0 radical (unpaired) electrons. The van der Waals surface area contributed by atoms with Crippen LogP contribution in [0.25, 0.3) is 0 Å². The third-order valence-corrected chi connectivity index (χ3v) is 3.80. The highest BCUT2D eigenvalue weighted by molar-refractivity contribution is 6.34. The first kappa shape index (κ1) is 13.1. The van der Waals surface area contributed by atoms with Crippen LogP contribution in [0, 0.1) is 5.82 Å². The quantitative estimate of drug-likeness (QED) is 0.774. The predicted molar refractivity (Wildman–Crippen MR) is 75.0 cm³/mol. The molecule has 2 aromatic rings. The number of hydrogen-bond donors (Lipinski definition) is 0. The van der Waals surface area contributed by atoms with Crippen molar-refractivity contribution in [1.29, 1.82) is 0 Å². The van der Waals surface area contributed by atoms with Crippen molar-refractivity contribution in [1.82, 2.24) is 0 Å². The summed E-state index contributed by atoms with van der Waals surface area (Å²) in [4.78, 5) is 12.6. The molecule has 0 aromatic heterocycles. The lowest BCUT2D eigenvalue weighted by atomic mass is 9.86. The van der Waals surface area contributed by atoms with Crippen LogP contribution in [-0.2, 0) is 0 Å². The number of halogens is 2. The molecule has 3 rings (SSSR count). The minimum absolute atomic E-state index is 0.0316. The minimum Gasteiger partial charge on any atom is -0.493 e. The molecule has 1 unspecified atom stereocenters. The van der Waals surface area contributed by atoms with Crippen LogP contribution in [0.3, 0.4) is 0 Å². The van der Waals surface area contributed by atoms with E-state index in [2.05, 4.69) is 0 Å². The van der Waals surface area contributed by atoms with Gasteiger partial charge in [-0.25, -0.2) is 4.39 Å². The Morgan fingerprint density at radius 2 is 2.00 bits per heavy atom. The summed E-state index contributed by atoms with van der Waals surface area (Å²) >= 11 is 5.98. The molecule has 0 saturated heterocycles. The molecule has 0 N–H and O–H groups in total. The Balaban J connectivity index is 2.05. The van der Waals surface area contributed by atoms with E-state index in [1.807, 2.05) is 24.3 Å². The fraction of sp³-hybridized carbons (Fsp3) is 0.188. The van der Waals surface area contributed by atoms with Gasteiger partial charge in [0.1, 0.15) is 11.6 Å². The lowest BCUT2D eigenvalue weighted by Gasteiger charge is -2.25. The van der Waals surface area contributed by atoms with E-state index < -0.39 is 11.7 Å². The fourth-order valence-corrected chi connectivity index (χ4v) is 2.78. The van der Waals surface area contributed by atoms with Gasteiger partial charge in [0.05, 0.1) is 23.1 Å². The molecule has 1 atom stereocenters. The first-order valence-corrected chi connectivity index (χ1v) is 6.76. The van der Waals surface area contributed by atoms with E-state index in [4.69, 9.17) is 16.3 Å². The number of carbonyl (C=O) groups excluding carboxylic acids is 1. The zero-order valence-electron chi connectivity index (χ0n) is 10.6. The van der Waals surface area contributed by atoms with Gasteiger partial charge in [-0.05, 0) is 24.6 Å². The van der Waals surface area contributed by atoms with Crippen molar-refractivity contribution in [2.75, 3.05) is 6.61 Å². The highest BCUT2D eigenvalue weighted by Gasteiger charge is 2.30. The summed E-state index contributed by atoms with van der Waals surface area (Å²) in [5, 5.41) is 0.152. The molecule has 0 spiro atoms. The maximum absolute atomic E-state index is 13.9. The Kier molecular flexibility index (Phi) is 3.45. The van der Waals surface area contributed by atoms with Crippen molar-refractivity contribution >= 4 is 17.4 Å². The lowest BCUT2D eigenvalue weighted by Crippen LogP contribution is -2.22. The number of ether oxygens (including phenoxy) is 1. The van der Waals surface area contributed by atoms with Crippen molar-refractivity contribution in [3.8, 4) is 5.75 Å². The topological polar surface area (TPSA) is 26.3 Å². The van der Waals surface area contributed by atoms with Gasteiger partial charge < -0.3 is 4.74 Å². The van der Waals surface area contributed by atoms with Crippen molar-refractivity contribution in [2.45, 2.75) is 12.3 Å². The average Bonchev–Trinajstić information content (AvgIpc) is 2.46. The number of fused-ring (bicyclic) bond motifs is 1. The Bertz CT molecular complexity index is 649. The van der Waals surface area contributed by atoms with Crippen LogP contribution < -0.4 is 4.74 Å². The molecule has 102 valence electrons. The number of rotatable bonds is 2. The molecule has 0 bridgehead atoms. The van der Waals surface area contributed by atoms with E-state index in [0.29, 0.717) is 18.8 Å². The van der Waals surface area contributed by atoms with Crippen LogP contribution in [0.15, 0.2) is 42.5 Å². The van der Waals surface area contributed by atoms with Crippen molar-refractivity contribution in [3.05, 3.63) is 64.4 Å². The van der Waals surface area contributed by atoms with Gasteiger partial charge >= 0.3 is 0 Å². The summed E-state index contributed by atoms with van der Waals surface area (Å²) in [6, 6.07) is 11.6. The maximum Gasteiger partial charge on any atom is 0.175 e. The Morgan fingerprint density at radius 1 is 1.20 bits per heavy atom. The van der Waals surface area contributed by atoms with Crippen LogP contribution >= 0.6 is 11.6 Å². The van der Waals surface area contributed by atoms with E-state index >= 15 is 0 Å². The highest BCUT2D eigenvalue weighted by Crippen LogP contribution is 2.37. The van der Waals surface area contributed by atoms with E-state index in [-0.39, 0.29) is 16.4 Å². The van der Waals surface area contributed by atoms with Crippen LogP contribution in [0.2, 0.25) is 5.02 Å². The molecule has 1 heterocycles. The number of Topliss-reactive ketones (excluding diaryl/α,β-unsaturated/α-hetero) is 1. The summed E-state index contributed by atoms with van der Waals surface area (Å²) in [5.41, 5.74) is 0.763. The van der Waals surface area contributed by atoms with Gasteiger partial charge in [0, 0.05) is 5.56 Å². The van der Waals surface area contributed by atoms with Crippen LogP contribution in [0.1, 0.15) is 28.3 Å². The molecule has 0 amide bonds. The minimum atomic E-state index is -0.577. The Hall–Kier alpha value is -1.87. The maximum atomic E-state index is 13.9. The van der Waals surface area contributed by atoms with Crippen molar-refractivity contribution < 1.29 is 13.9 Å². The molecule has 4 heteroatoms. The van der Waals surface area contributed by atoms with Gasteiger partial charge in [0.25, 0.3) is 0 Å². The zero-order chi connectivity index (χ0) is 14.1. The Morgan fingerprint density at radius 3 is 2.80 bits per heavy atom. The third kappa shape index (κ3) is 2.18. The summed E-state index contributed by atoms with van der Waals surface area (Å²) < 4.78 is 19.4. The van der Waals surface area contributed by atoms with Gasteiger partial charge in [-0.3, -0.25) is 4.79 Å². The van der Waals surface area contributed by atoms with Crippen molar-refractivity contribution in [2.24, 2.45) is 0 Å². The average molecular weight is 291 g/mol. The first-order chi connectivity index (χ1) is 9.68. The molecular formula is C16H12ClFO2. The first-order valence-electron chi connectivity index (χ1n) is 6.38. The molecule has 2 nitrogen and oxygen atoms in total. The van der Waals surface area contributed by atoms with Crippen LogP contribution in [0.4, 0.5) is 4.39 Å². The number of hydrogen-bond acceptors (Lipinski definition) is 2. The van der Waals surface area contributed by atoms with Gasteiger partial charge in [0.2, 0.25) is 0 Å². The van der Waals surface area contributed by atoms with E-state index in [9.17, 15) is 9.18 Å². The normalized spacial score (nSPS) is 17.2. The summed E-state index contributed by atoms with van der Waals surface area (Å²) in [6.07, 6.45) is 0.528. The number of carbonyl (C=O) groups is 1. The van der Waals surface area contributed by atoms with Gasteiger partial charge in [-0.2, -0.15) is 0 Å². The summed E-state index contributed by atoms with van der Waals surface area (Å²) in [6.45, 7) is 0.444. The smallest absolute Gasteiger partial charge is 0.175 e. The largest absolute Gasteiger partial charge is 0.493 e. The van der Waals surface area contributed by atoms with Gasteiger partial charge in [-0.15, -0.1) is 0 Å². The SMILES string of the molecule is O=C(c1c(F)cccc1Cl)C1CCOc2ccccc21. The van der Waals surface area contributed by atoms with Gasteiger partial charge in [-0.1, -0.05) is 35.9 Å². The standard InChI is InChI=1S/C16H12ClFO2/c17-12-5-3-6-13(18)15(12)16(19)11-8-9-20-14-7-2-1-4-10(11)14/h1-7,11H,8-9H2.